The van der Waals surface area contributed by atoms with Crippen LogP contribution in [0.1, 0.15) is 27.9 Å². The normalized spacial score (nSPS) is 11.4. The van der Waals surface area contributed by atoms with E-state index in [1.54, 1.807) is 16.2 Å². The van der Waals surface area contributed by atoms with E-state index in [1.807, 2.05) is 41.8 Å². The topological polar surface area (TPSA) is 67.6 Å². The monoisotopic (exact) mass is 485 g/mol. The van der Waals surface area contributed by atoms with Crippen molar-refractivity contribution in [2.45, 2.75) is 29.9 Å². The Bertz CT molecular complexity index is 1310. The van der Waals surface area contributed by atoms with Gasteiger partial charge in [-0.15, -0.1) is 11.3 Å². The molecule has 1 amide bonds. The van der Waals surface area contributed by atoms with E-state index < -0.39 is 15.7 Å². The Kier molecular flexibility index (Phi) is 6.50. The van der Waals surface area contributed by atoms with E-state index in [4.69, 9.17) is 16.0 Å². The number of furan rings is 1. The molecule has 0 radical (unpaired) electrons. The second-order valence-electron chi connectivity index (χ2n) is 7.07. The highest BCUT2D eigenvalue weighted by Crippen LogP contribution is 2.27. The van der Waals surface area contributed by atoms with Gasteiger partial charge in [0.05, 0.1) is 11.4 Å². The van der Waals surface area contributed by atoms with Crippen LogP contribution in [0.15, 0.2) is 92.6 Å². The molecule has 0 saturated carbocycles. The average Bonchev–Trinajstić information content (AvgIpc) is 3.50. The molecule has 0 spiro atoms. The van der Waals surface area contributed by atoms with Gasteiger partial charge in [0.15, 0.2) is 5.76 Å². The van der Waals surface area contributed by atoms with Crippen LogP contribution in [0.4, 0.5) is 5.69 Å². The number of rotatable bonds is 7. The lowest BCUT2D eigenvalue weighted by Crippen LogP contribution is -2.29. The van der Waals surface area contributed by atoms with E-state index >= 15 is 0 Å². The number of amides is 1. The summed E-state index contributed by atoms with van der Waals surface area (Å²) in [6.07, 6.45) is 0.892. The number of nitrogens with zero attached hydrogens (tertiary/aromatic N) is 1. The molecule has 4 rings (SSSR count). The number of aryl methyl sites for hydroxylation is 1. The third-order valence-electron chi connectivity index (χ3n) is 4.98. The summed E-state index contributed by atoms with van der Waals surface area (Å²) >= 11 is 7.40. The minimum atomic E-state index is -3.91. The van der Waals surface area contributed by atoms with Crippen molar-refractivity contribution in [2.24, 2.45) is 0 Å². The predicted octanol–water partition coefficient (Wildman–Crippen LogP) is 6.24. The molecule has 2 heterocycles. The maximum atomic E-state index is 13.4. The highest BCUT2D eigenvalue weighted by molar-refractivity contribution is 7.91. The van der Waals surface area contributed by atoms with Crippen molar-refractivity contribution >= 4 is 44.4 Å². The first-order valence-electron chi connectivity index (χ1n) is 9.92. The molecule has 0 N–H and O–H groups in total. The standard InChI is InChI=1S/C24H20ClNO4S2/c1-2-17-5-9-19(10-6-17)26(16-20-4-3-15-31-20)24(27)22-13-14-23(30-22)32(28,29)21-11-7-18(25)8-12-21/h3-15H,2,16H2,1H3. The van der Waals surface area contributed by atoms with Crippen molar-refractivity contribution in [2.75, 3.05) is 4.90 Å². The third kappa shape index (κ3) is 4.65. The average molecular weight is 486 g/mol. The Morgan fingerprint density at radius 2 is 1.72 bits per heavy atom. The van der Waals surface area contributed by atoms with Crippen molar-refractivity contribution in [3.63, 3.8) is 0 Å². The van der Waals surface area contributed by atoms with Gasteiger partial charge < -0.3 is 9.32 Å². The summed E-state index contributed by atoms with van der Waals surface area (Å²) < 4.78 is 31.3. The van der Waals surface area contributed by atoms with Gasteiger partial charge in [-0.2, -0.15) is 0 Å². The lowest BCUT2D eigenvalue weighted by atomic mass is 10.1. The van der Waals surface area contributed by atoms with E-state index in [0.29, 0.717) is 17.3 Å². The van der Waals surface area contributed by atoms with Crippen LogP contribution in [0.2, 0.25) is 5.02 Å². The Morgan fingerprint density at radius 1 is 1.00 bits per heavy atom. The summed E-state index contributed by atoms with van der Waals surface area (Å²) in [6.45, 7) is 2.41. The zero-order valence-corrected chi connectivity index (χ0v) is 19.6. The molecule has 0 atom stereocenters. The van der Waals surface area contributed by atoms with E-state index in [0.717, 1.165) is 16.9 Å². The summed E-state index contributed by atoms with van der Waals surface area (Å²) in [7, 11) is -3.91. The number of carbonyl (C=O) groups excluding carboxylic acids is 1. The molecule has 5 nitrogen and oxygen atoms in total. The maximum Gasteiger partial charge on any atom is 0.294 e. The van der Waals surface area contributed by atoms with Crippen LogP contribution in [-0.2, 0) is 22.8 Å². The van der Waals surface area contributed by atoms with E-state index in [2.05, 4.69) is 6.92 Å². The van der Waals surface area contributed by atoms with Gasteiger partial charge in [0.25, 0.3) is 5.91 Å². The molecule has 0 bridgehead atoms. The summed E-state index contributed by atoms with van der Waals surface area (Å²) in [6, 6.07) is 20.1. The molecule has 2 aromatic carbocycles. The molecule has 2 aromatic heterocycles. The van der Waals surface area contributed by atoms with Crippen molar-refractivity contribution < 1.29 is 17.6 Å². The second-order valence-corrected chi connectivity index (χ2v) is 10.4. The molecular weight excluding hydrogens is 466 g/mol. The predicted molar refractivity (Wildman–Crippen MR) is 126 cm³/mol. The van der Waals surface area contributed by atoms with E-state index in [9.17, 15) is 13.2 Å². The van der Waals surface area contributed by atoms with Gasteiger partial charge in [-0.1, -0.05) is 36.7 Å². The number of thiophene rings is 1. The number of sulfone groups is 1. The fourth-order valence-corrected chi connectivity index (χ4v) is 5.18. The fourth-order valence-electron chi connectivity index (χ4n) is 3.19. The van der Waals surface area contributed by atoms with Crippen molar-refractivity contribution in [3.8, 4) is 0 Å². The van der Waals surface area contributed by atoms with Crippen LogP contribution in [-0.4, -0.2) is 14.3 Å². The minimum absolute atomic E-state index is 0.0424. The van der Waals surface area contributed by atoms with Crippen molar-refractivity contribution in [1.29, 1.82) is 0 Å². The minimum Gasteiger partial charge on any atom is -0.439 e. The van der Waals surface area contributed by atoms with Gasteiger partial charge in [0, 0.05) is 15.6 Å². The lowest BCUT2D eigenvalue weighted by Gasteiger charge is -2.21. The molecule has 0 aliphatic heterocycles. The van der Waals surface area contributed by atoms with Crippen molar-refractivity contribution in [3.05, 3.63) is 99.4 Å². The van der Waals surface area contributed by atoms with Crippen LogP contribution in [0.25, 0.3) is 0 Å². The van der Waals surface area contributed by atoms with Gasteiger partial charge in [0.1, 0.15) is 0 Å². The summed E-state index contributed by atoms with van der Waals surface area (Å²) in [5, 5.41) is 2.08. The first-order chi connectivity index (χ1) is 15.4. The van der Waals surface area contributed by atoms with Gasteiger partial charge in [-0.05, 0) is 72.0 Å². The number of halogens is 1. The SMILES string of the molecule is CCc1ccc(N(Cc2cccs2)C(=O)c2ccc(S(=O)(=O)c3ccc(Cl)cc3)o2)cc1. The largest absolute Gasteiger partial charge is 0.439 e. The third-order valence-corrected chi connectivity index (χ3v) is 7.73. The number of carbonyl (C=O) groups is 1. The Morgan fingerprint density at radius 3 is 2.34 bits per heavy atom. The van der Waals surface area contributed by atoms with Crippen LogP contribution in [0.3, 0.4) is 0 Å². The molecular formula is C24H20ClNO4S2. The smallest absolute Gasteiger partial charge is 0.294 e. The quantitative estimate of drug-likeness (QED) is 0.311. The maximum absolute atomic E-state index is 13.4. The second kappa shape index (κ2) is 9.32. The number of hydrogen-bond acceptors (Lipinski definition) is 5. The summed E-state index contributed by atoms with van der Waals surface area (Å²) in [5.74, 6) is -0.464. The highest BCUT2D eigenvalue weighted by Gasteiger charge is 2.26. The lowest BCUT2D eigenvalue weighted by molar-refractivity contribution is 0.0953. The first-order valence-corrected chi connectivity index (χ1v) is 12.7. The zero-order valence-electron chi connectivity index (χ0n) is 17.2. The highest BCUT2D eigenvalue weighted by atomic mass is 35.5. The number of benzene rings is 2. The summed E-state index contributed by atoms with van der Waals surface area (Å²) in [5.41, 5.74) is 1.87. The Hall–Kier alpha value is -2.87. The molecule has 8 heteroatoms. The molecule has 0 fully saturated rings. The molecule has 0 aliphatic carbocycles. The van der Waals surface area contributed by atoms with Crippen LogP contribution >= 0.6 is 22.9 Å². The number of anilines is 1. The van der Waals surface area contributed by atoms with E-state index in [-0.39, 0.29) is 15.7 Å². The van der Waals surface area contributed by atoms with Gasteiger partial charge in [-0.3, -0.25) is 4.79 Å². The molecule has 0 aliphatic rings. The molecule has 0 unspecified atom stereocenters. The summed E-state index contributed by atoms with van der Waals surface area (Å²) in [4.78, 5) is 16.0. The van der Waals surface area contributed by atoms with Gasteiger partial charge in [0.2, 0.25) is 14.9 Å². The van der Waals surface area contributed by atoms with Gasteiger partial charge >= 0.3 is 0 Å². The van der Waals surface area contributed by atoms with Crippen LogP contribution in [0.5, 0.6) is 0 Å². The molecule has 32 heavy (non-hydrogen) atoms. The van der Waals surface area contributed by atoms with Crippen LogP contribution < -0.4 is 4.90 Å². The Balaban J connectivity index is 1.66. The van der Waals surface area contributed by atoms with Gasteiger partial charge in [-0.25, -0.2) is 8.42 Å². The molecule has 4 aromatic rings. The Labute approximate surface area is 195 Å². The molecule has 164 valence electrons. The zero-order chi connectivity index (χ0) is 22.7. The van der Waals surface area contributed by atoms with Crippen LogP contribution in [0, 0.1) is 0 Å². The number of hydrogen-bond donors (Lipinski definition) is 0. The molecule has 0 saturated heterocycles. The van der Waals surface area contributed by atoms with Crippen molar-refractivity contribution in [1.82, 2.24) is 0 Å². The fraction of sp³-hybridized carbons (Fsp3) is 0.125. The first kappa shape index (κ1) is 22.3. The van der Waals surface area contributed by atoms with E-state index in [1.165, 1.54) is 36.4 Å².